The summed E-state index contributed by atoms with van der Waals surface area (Å²) in [4.78, 5) is 42.1. The first-order valence-corrected chi connectivity index (χ1v) is 13.8. The van der Waals surface area contributed by atoms with Gasteiger partial charge in [-0.25, -0.2) is 14.6 Å². The number of thiazole rings is 1. The maximum absolute atomic E-state index is 13.1. The van der Waals surface area contributed by atoms with Gasteiger partial charge in [0.25, 0.3) is 0 Å². The Morgan fingerprint density at radius 2 is 1.55 bits per heavy atom. The second-order valence-electron chi connectivity index (χ2n) is 9.12. The summed E-state index contributed by atoms with van der Waals surface area (Å²) in [5.74, 6) is -1.77. The van der Waals surface area contributed by atoms with Crippen LogP contribution >= 0.6 is 11.3 Å². The Bertz CT molecular complexity index is 1450. The fourth-order valence-corrected chi connectivity index (χ4v) is 5.34. The number of aromatic nitrogens is 1. The van der Waals surface area contributed by atoms with Crippen molar-refractivity contribution in [2.24, 2.45) is 0 Å². The minimum atomic E-state index is -0.671. The van der Waals surface area contributed by atoms with Crippen molar-refractivity contribution >= 4 is 45.7 Å². The average Bonchev–Trinajstić information content (AvgIpc) is 3.37. The zero-order chi connectivity index (χ0) is 28.8. The number of carbonyl (C=O) groups is 3. The Balaban J connectivity index is 1.64. The summed E-state index contributed by atoms with van der Waals surface area (Å²) in [6.45, 7) is 8.98. The summed E-state index contributed by atoms with van der Waals surface area (Å²) >= 11 is 1.45. The molecule has 1 aliphatic heterocycles. The molecule has 0 fully saturated rings. The Labute approximate surface area is 237 Å². The molecular formula is C30H32N4O5S. The summed E-state index contributed by atoms with van der Waals surface area (Å²) in [6, 6.07) is 15.0. The lowest BCUT2D eigenvalue weighted by Gasteiger charge is -2.30. The number of anilines is 3. The second-order valence-corrected chi connectivity index (χ2v) is 9.98. The van der Waals surface area contributed by atoms with Gasteiger partial charge in [0.1, 0.15) is 0 Å². The van der Waals surface area contributed by atoms with E-state index in [-0.39, 0.29) is 19.1 Å². The van der Waals surface area contributed by atoms with Gasteiger partial charge in [-0.05, 0) is 57.5 Å². The lowest BCUT2D eigenvalue weighted by molar-refractivity contribution is -0.139. The van der Waals surface area contributed by atoms with Crippen molar-refractivity contribution in [1.82, 2.24) is 10.3 Å². The van der Waals surface area contributed by atoms with Gasteiger partial charge in [-0.2, -0.15) is 0 Å². The zero-order valence-corrected chi connectivity index (χ0v) is 23.9. The predicted octanol–water partition coefficient (Wildman–Crippen LogP) is 5.87. The molecule has 208 valence electrons. The quantitative estimate of drug-likeness (QED) is 0.278. The number of rotatable bonds is 9. The van der Waals surface area contributed by atoms with E-state index in [4.69, 9.17) is 14.5 Å². The molecule has 0 bridgehead atoms. The number of ether oxygens (including phenoxy) is 2. The molecule has 0 saturated heterocycles. The molecule has 0 unspecified atom stereocenters. The minimum Gasteiger partial charge on any atom is -0.463 e. The molecule has 4 rings (SSSR count). The van der Waals surface area contributed by atoms with Crippen molar-refractivity contribution < 1.29 is 23.9 Å². The standard InChI is InChI=1S/C30H32N4O5S/c1-6-38-28(36)25-17(3)31-18(4)26(29(37)39-7-2)27(25)21-9-8-10-23(15-21)33-30-34-24(16-40-30)20-11-13-22(14-12-20)32-19(5)35/h8-16,27,31H,6-7H2,1-5H3,(H,32,35)(H,33,34). The second kappa shape index (κ2) is 12.6. The van der Waals surface area contributed by atoms with E-state index in [2.05, 4.69) is 16.0 Å². The highest BCUT2D eigenvalue weighted by atomic mass is 32.1. The molecule has 9 nitrogen and oxygen atoms in total. The molecule has 0 radical (unpaired) electrons. The number of dihydropyridines is 1. The highest BCUT2D eigenvalue weighted by Crippen LogP contribution is 2.40. The van der Waals surface area contributed by atoms with E-state index in [0.717, 1.165) is 28.2 Å². The van der Waals surface area contributed by atoms with Crippen molar-refractivity contribution in [3.63, 3.8) is 0 Å². The predicted molar refractivity (Wildman–Crippen MR) is 156 cm³/mol. The van der Waals surface area contributed by atoms with E-state index in [0.29, 0.717) is 27.7 Å². The SMILES string of the molecule is CCOC(=O)C1=C(C)NC(C)=C(C(=O)OCC)C1c1cccc(Nc2nc(-c3ccc(NC(C)=O)cc3)cs2)c1. The molecule has 0 atom stereocenters. The minimum absolute atomic E-state index is 0.125. The average molecular weight is 561 g/mol. The molecule has 0 aliphatic carbocycles. The van der Waals surface area contributed by atoms with Gasteiger partial charge in [-0.15, -0.1) is 11.3 Å². The number of hydrogen-bond acceptors (Lipinski definition) is 9. The first-order valence-electron chi connectivity index (χ1n) is 12.9. The number of benzene rings is 2. The third-order valence-electron chi connectivity index (χ3n) is 6.23. The summed E-state index contributed by atoms with van der Waals surface area (Å²) in [7, 11) is 0. The fraction of sp³-hybridized carbons (Fsp3) is 0.267. The third-order valence-corrected chi connectivity index (χ3v) is 6.99. The van der Waals surface area contributed by atoms with Crippen LogP contribution in [0.2, 0.25) is 0 Å². The first-order chi connectivity index (χ1) is 19.2. The summed E-state index contributed by atoms with van der Waals surface area (Å²) < 4.78 is 10.7. The van der Waals surface area contributed by atoms with Crippen LogP contribution in [0.1, 0.15) is 46.1 Å². The van der Waals surface area contributed by atoms with Crippen LogP contribution < -0.4 is 16.0 Å². The van der Waals surface area contributed by atoms with Crippen molar-refractivity contribution in [2.75, 3.05) is 23.8 Å². The summed E-state index contributed by atoms with van der Waals surface area (Å²) in [5.41, 5.74) is 5.91. The number of esters is 2. The monoisotopic (exact) mass is 560 g/mol. The van der Waals surface area contributed by atoms with E-state index in [9.17, 15) is 14.4 Å². The van der Waals surface area contributed by atoms with Crippen LogP contribution in [0.15, 0.2) is 76.5 Å². The molecule has 3 N–H and O–H groups in total. The van der Waals surface area contributed by atoms with Crippen molar-refractivity contribution in [1.29, 1.82) is 0 Å². The number of nitrogens with one attached hydrogen (secondary N) is 3. The Kier molecular flexibility index (Phi) is 9.00. The van der Waals surface area contributed by atoms with Crippen molar-refractivity contribution in [3.8, 4) is 11.3 Å². The van der Waals surface area contributed by atoms with Crippen LogP contribution in [-0.4, -0.2) is 36.0 Å². The van der Waals surface area contributed by atoms with Crippen molar-refractivity contribution in [3.05, 3.63) is 82.0 Å². The molecule has 40 heavy (non-hydrogen) atoms. The smallest absolute Gasteiger partial charge is 0.336 e. The van der Waals surface area contributed by atoms with E-state index in [1.54, 1.807) is 27.7 Å². The van der Waals surface area contributed by atoms with Crippen LogP contribution in [0.4, 0.5) is 16.5 Å². The Morgan fingerprint density at radius 3 is 2.12 bits per heavy atom. The maximum Gasteiger partial charge on any atom is 0.336 e. The van der Waals surface area contributed by atoms with Gasteiger partial charge in [0, 0.05) is 40.6 Å². The summed E-state index contributed by atoms with van der Waals surface area (Å²) in [5, 5.41) is 11.9. The van der Waals surface area contributed by atoms with Gasteiger partial charge >= 0.3 is 11.9 Å². The zero-order valence-electron chi connectivity index (χ0n) is 23.1. The van der Waals surface area contributed by atoms with Gasteiger partial charge in [-0.3, -0.25) is 4.79 Å². The highest BCUT2D eigenvalue weighted by Gasteiger charge is 2.38. The number of allylic oxidation sites excluding steroid dienone is 2. The van der Waals surface area contributed by atoms with Gasteiger partial charge in [0.2, 0.25) is 5.91 Å². The van der Waals surface area contributed by atoms with Crippen molar-refractivity contribution in [2.45, 2.75) is 40.5 Å². The molecule has 1 amide bonds. The number of nitrogens with zero attached hydrogens (tertiary/aromatic N) is 1. The molecule has 2 heterocycles. The van der Waals surface area contributed by atoms with Crippen LogP contribution in [-0.2, 0) is 23.9 Å². The fourth-order valence-electron chi connectivity index (χ4n) is 4.60. The normalized spacial score (nSPS) is 13.5. The molecular weight excluding hydrogens is 528 g/mol. The Hall–Kier alpha value is -4.44. The van der Waals surface area contributed by atoms with Crippen LogP contribution in [0.25, 0.3) is 11.3 Å². The van der Waals surface area contributed by atoms with Gasteiger partial charge in [0.15, 0.2) is 5.13 Å². The molecule has 10 heteroatoms. The number of amides is 1. The van der Waals surface area contributed by atoms with E-state index in [1.165, 1.54) is 18.3 Å². The van der Waals surface area contributed by atoms with E-state index >= 15 is 0 Å². The Morgan fingerprint density at radius 1 is 0.925 bits per heavy atom. The van der Waals surface area contributed by atoms with Gasteiger partial charge < -0.3 is 25.4 Å². The molecule has 1 aliphatic rings. The van der Waals surface area contributed by atoms with E-state index < -0.39 is 17.9 Å². The summed E-state index contributed by atoms with van der Waals surface area (Å²) in [6.07, 6.45) is 0. The molecule has 0 saturated carbocycles. The highest BCUT2D eigenvalue weighted by molar-refractivity contribution is 7.14. The molecule has 1 aromatic heterocycles. The van der Waals surface area contributed by atoms with Crippen LogP contribution in [0, 0.1) is 0 Å². The van der Waals surface area contributed by atoms with Gasteiger partial charge in [-0.1, -0.05) is 24.3 Å². The molecule has 0 spiro atoms. The number of carbonyl (C=O) groups excluding carboxylic acids is 3. The molecule has 3 aromatic rings. The largest absolute Gasteiger partial charge is 0.463 e. The van der Waals surface area contributed by atoms with E-state index in [1.807, 2.05) is 53.9 Å². The topological polar surface area (TPSA) is 119 Å². The van der Waals surface area contributed by atoms with Crippen LogP contribution in [0.3, 0.4) is 0 Å². The maximum atomic E-state index is 13.1. The lowest BCUT2D eigenvalue weighted by atomic mass is 9.80. The van der Waals surface area contributed by atoms with Gasteiger partial charge in [0.05, 0.1) is 36.0 Å². The lowest BCUT2D eigenvalue weighted by Crippen LogP contribution is -2.32. The third kappa shape index (κ3) is 6.40. The number of hydrogen-bond donors (Lipinski definition) is 3. The van der Waals surface area contributed by atoms with Crippen LogP contribution in [0.5, 0.6) is 0 Å². The first kappa shape index (κ1) is 28.6. The molecule has 2 aromatic carbocycles.